The molecule has 1 atom stereocenters. The van der Waals surface area contributed by atoms with Gasteiger partial charge in [0.15, 0.2) is 5.16 Å². The van der Waals surface area contributed by atoms with Gasteiger partial charge >= 0.3 is 0 Å². The molecule has 0 aliphatic heterocycles. The minimum absolute atomic E-state index is 0.00256. The van der Waals surface area contributed by atoms with Crippen molar-refractivity contribution in [2.24, 2.45) is 0 Å². The number of H-pyrrole nitrogens is 1. The summed E-state index contributed by atoms with van der Waals surface area (Å²) in [4.78, 5) is 37.7. The Morgan fingerprint density at radius 3 is 2.36 bits per heavy atom. The topological polar surface area (TPSA) is 80.6 Å². The van der Waals surface area contributed by atoms with Gasteiger partial charge in [0.1, 0.15) is 5.82 Å². The van der Waals surface area contributed by atoms with Gasteiger partial charge in [-0.15, -0.1) is 0 Å². The molecule has 5 rings (SSSR count). The first-order valence-electron chi connectivity index (χ1n) is 9.29. The van der Waals surface area contributed by atoms with Crippen LogP contribution in [0.2, 0.25) is 0 Å². The third kappa shape index (κ3) is 2.92. The van der Waals surface area contributed by atoms with Gasteiger partial charge < -0.3 is 4.98 Å². The van der Waals surface area contributed by atoms with Crippen molar-refractivity contribution in [3.05, 3.63) is 75.1 Å². The van der Waals surface area contributed by atoms with E-state index in [-0.39, 0.29) is 22.4 Å². The van der Waals surface area contributed by atoms with Gasteiger partial charge in [0.05, 0.1) is 27.1 Å². The second-order valence-corrected chi connectivity index (χ2v) is 8.35. The SMILES string of the molecule is CC(Sc1nc2ccccc2c(=O)n1C1CC1)c1nc2ccccc2c(=O)[nH]1. The molecular formula is C21H18N4O2S. The molecule has 0 bridgehead atoms. The summed E-state index contributed by atoms with van der Waals surface area (Å²) in [6.45, 7) is 1.97. The monoisotopic (exact) mass is 390 g/mol. The minimum Gasteiger partial charge on any atom is -0.309 e. The molecule has 140 valence electrons. The fourth-order valence-electron chi connectivity index (χ4n) is 3.37. The summed E-state index contributed by atoms with van der Waals surface area (Å²) in [5, 5.41) is 1.73. The summed E-state index contributed by atoms with van der Waals surface area (Å²) < 4.78 is 1.81. The Balaban J connectivity index is 1.59. The average Bonchev–Trinajstić information content (AvgIpc) is 3.53. The van der Waals surface area contributed by atoms with Crippen LogP contribution in [0.3, 0.4) is 0 Å². The van der Waals surface area contributed by atoms with E-state index >= 15 is 0 Å². The second-order valence-electron chi connectivity index (χ2n) is 7.05. The number of nitrogens with one attached hydrogen (secondary N) is 1. The number of rotatable bonds is 4. The number of benzene rings is 2. The molecule has 6 nitrogen and oxygen atoms in total. The largest absolute Gasteiger partial charge is 0.309 e. The van der Waals surface area contributed by atoms with Crippen LogP contribution in [0.4, 0.5) is 0 Å². The first kappa shape index (κ1) is 17.2. The molecule has 1 aliphatic carbocycles. The van der Waals surface area contributed by atoms with Crippen molar-refractivity contribution in [2.45, 2.75) is 36.2 Å². The Morgan fingerprint density at radius 2 is 1.64 bits per heavy atom. The smallest absolute Gasteiger partial charge is 0.262 e. The molecule has 1 fully saturated rings. The Morgan fingerprint density at radius 1 is 1.00 bits per heavy atom. The number of para-hydroxylation sites is 2. The molecule has 0 spiro atoms. The van der Waals surface area contributed by atoms with Crippen LogP contribution in [0.1, 0.15) is 36.9 Å². The minimum atomic E-state index is -0.157. The van der Waals surface area contributed by atoms with Crippen LogP contribution in [0.25, 0.3) is 21.8 Å². The van der Waals surface area contributed by atoms with E-state index < -0.39 is 0 Å². The lowest BCUT2D eigenvalue weighted by molar-refractivity contribution is 0.616. The second kappa shape index (κ2) is 6.60. The molecule has 2 heterocycles. The fraction of sp³-hybridized carbons (Fsp3) is 0.238. The van der Waals surface area contributed by atoms with E-state index in [9.17, 15) is 9.59 Å². The van der Waals surface area contributed by atoms with Gasteiger partial charge in [-0.2, -0.15) is 0 Å². The lowest BCUT2D eigenvalue weighted by Gasteiger charge is -2.16. The summed E-state index contributed by atoms with van der Waals surface area (Å²) in [6, 6.07) is 14.9. The van der Waals surface area contributed by atoms with Gasteiger partial charge in [0.25, 0.3) is 11.1 Å². The summed E-state index contributed by atoms with van der Waals surface area (Å²) >= 11 is 1.46. The van der Waals surface area contributed by atoms with Crippen molar-refractivity contribution in [3.63, 3.8) is 0 Å². The van der Waals surface area contributed by atoms with Gasteiger partial charge in [-0.05, 0) is 44.0 Å². The van der Waals surface area contributed by atoms with Gasteiger partial charge in [-0.25, -0.2) is 9.97 Å². The Kier molecular flexibility index (Phi) is 4.05. The zero-order chi connectivity index (χ0) is 19.3. The number of nitrogens with zero attached hydrogens (tertiary/aromatic N) is 3. The summed E-state index contributed by atoms with van der Waals surface area (Å²) in [6.07, 6.45) is 1.99. The van der Waals surface area contributed by atoms with E-state index in [0.29, 0.717) is 32.8 Å². The van der Waals surface area contributed by atoms with Crippen molar-refractivity contribution >= 4 is 33.6 Å². The third-order valence-electron chi connectivity index (χ3n) is 4.99. The van der Waals surface area contributed by atoms with Crippen molar-refractivity contribution in [1.82, 2.24) is 19.5 Å². The van der Waals surface area contributed by atoms with E-state index in [1.807, 2.05) is 54.0 Å². The van der Waals surface area contributed by atoms with Gasteiger partial charge in [-0.1, -0.05) is 36.0 Å². The number of hydrogen-bond donors (Lipinski definition) is 1. The van der Waals surface area contributed by atoms with Crippen LogP contribution in [0, 0.1) is 0 Å². The highest BCUT2D eigenvalue weighted by Gasteiger charge is 2.29. The molecule has 0 saturated heterocycles. The molecule has 2 aromatic carbocycles. The molecule has 1 aliphatic rings. The zero-order valence-corrected chi connectivity index (χ0v) is 16.1. The first-order valence-corrected chi connectivity index (χ1v) is 10.2. The Labute approximate surface area is 164 Å². The summed E-state index contributed by atoms with van der Waals surface area (Å²) in [5.74, 6) is 0.582. The van der Waals surface area contributed by atoms with Crippen LogP contribution in [0.5, 0.6) is 0 Å². The molecule has 2 aromatic heterocycles. The lowest BCUT2D eigenvalue weighted by atomic mass is 10.2. The van der Waals surface area contributed by atoms with Crippen molar-refractivity contribution in [2.75, 3.05) is 0 Å². The van der Waals surface area contributed by atoms with Crippen LogP contribution >= 0.6 is 11.8 Å². The molecule has 1 unspecified atom stereocenters. The molecular weight excluding hydrogens is 372 g/mol. The van der Waals surface area contributed by atoms with Gasteiger partial charge in [0, 0.05) is 6.04 Å². The van der Waals surface area contributed by atoms with Crippen LogP contribution in [0.15, 0.2) is 63.3 Å². The van der Waals surface area contributed by atoms with E-state index in [1.54, 1.807) is 6.07 Å². The lowest BCUT2D eigenvalue weighted by Crippen LogP contribution is -2.23. The maximum absolute atomic E-state index is 13.0. The van der Waals surface area contributed by atoms with E-state index in [1.165, 1.54) is 11.8 Å². The predicted molar refractivity (Wildman–Crippen MR) is 111 cm³/mol. The average molecular weight is 390 g/mol. The summed E-state index contributed by atoms with van der Waals surface area (Å²) in [5.41, 5.74) is 1.21. The van der Waals surface area contributed by atoms with Gasteiger partial charge in [-0.3, -0.25) is 14.2 Å². The van der Waals surface area contributed by atoms with Crippen LogP contribution in [-0.4, -0.2) is 19.5 Å². The van der Waals surface area contributed by atoms with Crippen LogP contribution in [-0.2, 0) is 0 Å². The number of thioether (sulfide) groups is 1. The maximum Gasteiger partial charge on any atom is 0.262 e. The molecule has 1 saturated carbocycles. The molecule has 0 amide bonds. The molecule has 1 N–H and O–H groups in total. The van der Waals surface area contributed by atoms with Gasteiger partial charge in [0.2, 0.25) is 0 Å². The highest BCUT2D eigenvalue weighted by atomic mass is 32.2. The quantitative estimate of drug-likeness (QED) is 0.423. The Bertz CT molecular complexity index is 1320. The predicted octanol–water partition coefficient (Wildman–Crippen LogP) is 3.82. The molecule has 0 radical (unpaired) electrons. The molecule has 28 heavy (non-hydrogen) atoms. The molecule has 4 aromatic rings. The first-order chi connectivity index (χ1) is 13.6. The number of aromatic nitrogens is 4. The highest BCUT2D eigenvalue weighted by Crippen LogP contribution is 2.40. The van der Waals surface area contributed by atoms with E-state index in [4.69, 9.17) is 4.98 Å². The standard InChI is InChI=1S/C21H18N4O2S/c1-12(18-22-16-8-4-2-6-14(16)19(26)24-18)28-21-23-17-9-5-3-7-15(17)20(27)25(21)13-10-11-13/h2-9,12-13H,10-11H2,1H3,(H,22,24,26). The molecule has 7 heteroatoms. The van der Waals surface area contributed by atoms with E-state index in [2.05, 4.69) is 9.97 Å². The van der Waals surface area contributed by atoms with Crippen molar-refractivity contribution < 1.29 is 0 Å². The third-order valence-corrected chi connectivity index (χ3v) is 6.06. The normalized spacial score (nSPS) is 15.2. The fourth-order valence-corrected chi connectivity index (χ4v) is 4.41. The van der Waals surface area contributed by atoms with E-state index in [0.717, 1.165) is 12.8 Å². The van der Waals surface area contributed by atoms with Crippen molar-refractivity contribution in [3.8, 4) is 0 Å². The number of fused-ring (bicyclic) bond motifs is 2. The summed E-state index contributed by atoms with van der Waals surface area (Å²) in [7, 11) is 0. The number of hydrogen-bond acceptors (Lipinski definition) is 5. The van der Waals surface area contributed by atoms with Crippen molar-refractivity contribution in [1.29, 1.82) is 0 Å². The highest BCUT2D eigenvalue weighted by molar-refractivity contribution is 7.99. The maximum atomic E-state index is 13.0. The zero-order valence-electron chi connectivity index (χ0n) is 15.3. The van der Waals surface area contributed by atoms with Crippen LogP contribution < -0.4 is 11.1 Å². The Hall–Kier alpha value is -2.93. The number of aromatic amines is 1.